The normalized spacial score (nSPS) is 25.7. The molecule has 0 unspecified atom stereocenters. The van der Waals surface area contributed by atoms with Gasteiger partial charge in [-0.2, -0.15) is 0 Å². The average Bonchev–Trinajstić information content (AvgIpc) is 2.77. The molecule has 0 amide bonds. The fraction of sp³-hybridized carbons (Fsp3) is 0.300. The van der Waals surface area contributed by atoms with Crippen LogP contribution in [-0.4, -0.2) is 15.4 Å². The van der Waals surface area contributed by atoms with Gasteiger partial charge in [0.05, 0.1) is 5.92 Å². The average molecular weight is 285 g/mol. The van der Waals surface area contributed by atoms with Gasteiger partial charge < -0.3 is 5.11 Å². The molecular formula is C10H5Cl2F3O2. The molecule has 1 aliphatic rings. The van der Waals surface area contributed by atoms with Crippen LogP contribution in [0.1, 0.15) is 11.5 Å². The quantitative estimate of drug-likeness (QED) is 0.669. The predicted octanol–water partition coefficient (Wildman–Crippen LogP) is 3.08. The zero-order valence-electron chi connectivity index (χ0n) is 8.05. The maximum Gasteiger partial charge on any atom is 0.310 e. The van der Waals surface area contributed by atoms with Crippen molar-refractivity contribution in [3.8, 4) is 0 Å². The Bertz CT molecular complexity index is 481. The maximum atomic E-state index is 13.0. The molecule has 1 fully saturated rings. The van der Waals surface area contributed by atoms with Crippen LogP contribution < -0.4 is 0 Å². The second-order valence-electron chi connectivity index (χ2n) is 3.77. The predicted molar refractivity (Wildman–Crippen MR) is 54.6 cm³/mol. The highest BCUT2D eigenvalue weighted by molar-refractivity contribution is 6.53. The SMILES string of the molecule is O=C(O)[C@H]1[C@H](c2cc(F)c(F)c(F)c2)C1(Cl)Cl. The third kappa shape index (κ3) is 1.87. The number of halogens is 5. The van der Waals surface area contributed by atoms with Gasteiger partial charge in [-0.25, -0.2) is 13.2 Å². The van der Waals surface area contributed by atoms with Crippen LogP contribution in [0.3, 0.4) is 0 Å². The first-order valence-electron chi connectivity index (χ1n) is 4.52. The molecule has 1 aromatic rings. The molecule has 0 bridgehead atoms. The lowest BCUT2D eigenvalue weighted by Gasteiger charge is -2.02. The van der Waals surface area contributed by atoms with Crippen LogP contribution in [0, 0.1) is 23.4 Å². The summed E-state index contributed by atoms with van der Waals surface area (Å²) in [5, 5.41) is 8.78. The summed E-state index contributed by atoms with van der Waals surface area (Å²) in [6, 6.07) is 1.40. The molecule has 2 atom stereocenters. The number of hydrogen-bond acceptors (Lipinski definition) is 1. The molecular weight excluding hydrogens is 280 g/mol. The number of rotatable bonds is 2. The van der Waals surface area contributed by atoms with Crippen molar-refractivity contribution in [1.29, 1.82) is 0 Å². The Labute approximate surface area is 104 Å². The fourth-order valence-corrected chi connectivity index (χ4v) is 2.62. The summed E-state index contributed by atoms with van der Waals surface area (Å²) in [4.78, 5) is 10.8. The molecule has 17 heavy (non-hydrogen) atoms. The summed E-state index contributed by atoms with van der Waals surface area (Å²) >= 11 is 11.4. The van der Waals surface area contributed by atoms with E-state index in [0.29, 0.717) is 12.1 Å². The smallest absolute Gasteiger partial charge is 0.310 e. The summed E-state index contributed by atoms with van der Waals surface area (Å²) in [5.74, 6) is -7.80. The van der Waals surface area contributed by atoms with Crippen LogP contribution in [0.4, 0.5) is 13.2 Å². The third-order valence-corrected chi connectivity index (χ3v) is 3.63. The highest BCUT2D eigenvalue weighted by Gasteiger charge is 2.68. The number of aliphatic carboxylic acids is 1. The summed E-state index contributed by atoms with van der Waals surface area (Å²) in [6.07, 6.45) is 0. The lowest BCUT2D eigenvalue weighted by Crippen LogP contribution is -2.03. The third-order valence-electron chi connectivity index (χ3n) is 2.68. The second-order valence-corrected chi connectivity index (χ2v) is 5.21. The molecule has 0 radical (unpaired) electrons. The van der Waals surface area contributed by atoms with Crippen molar-refractivity contribution in [2.24, 2.45) is 5.92 Å². The van der Waals surface area contributed by atoms with E-state index >= 15 is 0 Å². The first-order chi connectivity index (χ1) is 7.76. The Morgan fingerprint density at radius 1 is 1.24 bits per heavy atom. The van der Waals surface area contributed by atoms with Crippen molar-refractivity contribution >= 4 is 29.2 Å². The van der Waals surface area contributed by atoms with Gasteiger partial charge in [0.25, 0.3) is 0 Å². The Balaban J connectivity index is 2.41. The molecule has 1 aliphatic carbocycles. The molecule has 92 valence electrons. The van der Waals surface area contributed by atoms with Gasteiger partial charge in [-0.3, -0.25) is 4.79 Å². The van der Waals surface area contributed by atoms with E-state index in [1.807, 2.05) is 0 Å². The minimum atomic E-state index is -1.62. The van der Waals surface area contributed by atoms with Crippen molar-refractivity contribution in [3.05, 3.63) is 35.1 Å². The Kier molecular flexibility index (Phi) is 2.78. The molecule has 0 aliphatic heterocycles. The fourth-order valence-electron chi connectivity index (χ4n) is 1.80. The van der Waals surface area contributed by atoms with E-state index in [1.54, 1.807) is 0 Å². The van der Waals surface area contributed by atoms with Gasteiger partial charge in [-0.1, -0.05) is 23.2 Å². The van der Waals surface area contributed by atoms with Crippen LogP contribution >= 0.6 is 23.2 Å². The standard InChI is InChI=1S/C10H5Cl2F3O2/c11-10(12)6(7(10)9(16)17)3-1-4(13)8(15)5(14)2-3/h1-2,6-7H,(H,16,17)/t6-,7+/m0/s1. The topological polar surface area (TPSA) is 37.3 Å². The van der Waals surface area contributed by atoms with Gasteiger partial charge in [0.15, 0.2) is 17.5 Å². The van der Waals surface area contributed by atoms with Crippen LogP contribution in [0.2, 0.25) is 0 Å². The lowest BCUT2D eigenvalue weighted by molar-refractivity contribution is -0.138. The summed E-state index contributed by atoms with van der Waals surface area (Å²) in [5.41, 5.74) is -0.0706. The maximum absolute atomic E-state index is 13.0. The van der Waals surface area contributed by atoms with E-state index in [4.69, 9.17) is 28.3 Å². The summed E-state index contributed by atoms with van der Waals surface area (Å²) < 4.78 is 37.0. The summed E-state index contributed by atoms with van der Waals surface area (Å²) in [7, 11) is 0. The zero-order chi connectivity index (χ0) is 13.0. The van der Waals surface area contributed by atoms with E-state index in [2.05, 4.69) is 0 Å². The number of carboxylic acid groups (broad SMARTS) is 1. The number of alkyl halides is 2. The van der Waals surface area contributed by atoms with Gasteiger partial charge >= 0.3 is 5.97 Å². The zero-order valence-corrected chi connectivity index (χ0v) is 9.57. The summed E-state index contributed by atoms with van der Waals surface area (Å²) in [6.45, 7) is 0. The Hall–Kier alpha value is -0.940. The molecule has 1 aromatic carbocycles. The van der Waals surface area contributed by atoms with Crippen molar-refractivity contribution in [2.75, 3.05) is 0 Å². The van der Waals surface area contributed by atoms with Gasteiger partial charge in [0, 0.05) is 5.92 Å². The number of carboxylic acids is 1. The van der Waals surface area contributed by atoms with Crippen molar-refractivity contribution in [1.82, 2.24) is 0 Å². The van der Waals surface area contributed by atoms with Gasteiger partial charge in [0.2, 0.25) is 0 Å². The van der Waals surface area contributed by atoms with Gasteiger partial charge in [0.1, 0.15) is 4.33 Å². The molecule has 2 nitrogen and oxygen atoms in total. The highest BCUT2D eigenvalue weighted by Crippen LogP contribution is 2.65. The highest BCUT2D eigenvalue weighted by atomic mass is 35.5. The van der Waals surface area contributed by atoms with Gasteiger partial charge in [-0.05, 0) is 17.7 Å². The first-order valence-corrected chi connectivity index (χ1v) is 5.27. The molecule has 0 heterocycles. The first kappa shape index (κ1) is 12.5. The van der Waals surface area contributed by atoms with Crippen LogP contribution in [0.5, 0.6) is 0 Å². The monoisotopic (exact) mass is 284 g/mol. The van der Waals surface area contributed by atoms with E-state index in [1.165, 1.54) is 0 Å². The largest absolute Gasteiger partial charge is 0.481 e. The van der Waals surface area contributed by atoms with Crippen molar-refractivity contribution in [2.45, 2.75) is 10.3 Å². The van der Waals surface area contributed by atoms with E-state index < -0.39 is 39.6 Å². The Morgan fingerprint density at radius 2 is 1.71 bits per heavy atom. The van der Waals surface area contributed by atoms with Crippen LogP contribution in [0.15, 0.2) is 12.1 Å². The number of hydrogen-bond donors (Lipinski definition) is 1. The van der Waals surface area contributed by atoms with E-state index in [9.17, 15) is 18.0 Å². The van der Waals surface area contributed by atoms with Crippen LogP contribution in [0.25, 0.3) is 0 Å². The minimum absolute atomic E-state index is 0.0706. The van der Waals surface area contributed by atoms with Gasteiger partial charge in [-0.15, -0.1) is 0 Å². The van der Waals surface area contributed by atoms with Crippen molar-refractivity contribution < 1.29 is 23.1 Å². The number of benzene rings is 1. The molecule has 1 N–H and O–H groups in total. The lowest BCUT2D eigenvalue weighted by atomic mass is 10.1. The molecule has 1 saturated carbocycles. The van der Waals surface area contributed by atoms with E-state index in [-0.39, 0.29) is 5.56 Å². The van der Waals surface area contributed by atoms with E-state index in [0.717, 1.165) is 0 Å². The molecule has 2 rings (SSSR count). The molecule has 7 heteroatoms. The molecule has 0 saturated heterocycles. The Morgan fingerprint density at radius 3 is 2.06 bits per heavy atom. The van der Waals surface area contributed by atoms with Crippen LogP contribution in [-0.2, 0) is 4.79 Å². The molecule has 0 spiro atoms. The van der Waals surface area contributed by atoms with Crippen molar-refractivity contribution in [3.63, 3.8) is 0 Å². The number of carbonyl (C=O) groups is 1. The minimum Gasteiger partial charge on any atom is -0.481 e. The molecule has 0 aromatic heterocycles. The second kappa shape index (κ2) is 3.78.